The summed E-state index contributed by atoms with van der Waals surface area (Å²) in [5, 5.41) is 0. The fraction of sp³-hybridized carbons (Fsp3) is 0.955. The molecule has 180 valence electrons. The lowest BCUT2D eigenvalue weighted by atomic mass is 10.2. The molecule has 0 spiro atoms. The third-order valence-electron chi connectivity index (χ3n) is 3.98. The molecule has 0 N–H and O–H groups in total. The lowest BCUT2D eigenvalue weighted by Gasteiger charge is -2.08. The minimum atomic E-state index is -0.149. The van der Waals surface area contributed by atoms with Crippen molar-refractivity contribution in [1.82, 2.24) is 0 Å². The minimum Gasteiger partial charge on any atom is -0.463 e. The number of rotatable bonds is 25. The van der Waals surface area contributed by atoms with E-state index in [0.29, 0.717) is 85.7 Å². The van der Waals surface area contributed by atoms with Gasteiger partial charge in [0.2, 0.25) is 0 Å². The van der Waals surface area contributed by atoms with Gasteiger partial charge < -0.3 is 33.2 Å². The van der Waals surface area contributed by atoms with E-state index in [1.807, 2.05) is 0 Å². The van der Waals surface area contributed by atoms with Gasteiger partial charge in [-0.15, -0.1) is 0 Å². The number of unbranched alkanes of at least 4 members (excludes halogenated alkanes) is 3. The third-order valence-corrected chi connectivity index (χ3v) is 3.98. The normalized spacial score (nSPS) is 11.1. The third kappa shape index (κ3) is 25.3. The highest BCUT2D eigenvalue weighted by atomic mass is 16.6. The van der Waals surface area contributed by atoms with Gasteiger partial charge in [0.25, 0.3) is 0 Å². The van der Waals surface area contributed by atoms with Gasteiger partial charge >= 0.3 is 5.97 Å². The second-order valence-corrected chi connectivity index (χ2v) is 6.71. The van der Waals surface area contributed by atoms with Crippen molar-refractivity contribution in [3.8, 4) is 0 Å². The zero-order valence-electron chi connectivity index (χ0n) is 19.2. The lowest BCUT2D eigenvalue weighted by molar-refractivity contribution is -0.145. The summed E-state index contributed by atoms with van der Waals surface area (Å²) in [7, 11) is 0. The van der Waals surface area contributed by atoms with Crippen LogP contribution in [0.25, 0.3) is 0 Å². The monoisotopic (exact) mass is 436 g/mol. The fourth-order valence-corrected chi connectivity index (χ4v) is 2.25. The Morgan fingerprint density at radius 1 is 0.467 bits per heavy atom. The van der Waals surface area contributed by atoms with Crippen molar-refractivity contribution in [2.45, 2.75) is 52.4 Å². The van der Waals surface area contributed by atoms with Crippen LogP contribution in [-0.2, 0) is 38.0 Å². The maximum atomic E-state index is 11.4. The molecule has 0 aromatic heterocycles. The van der Waals surface area contributed by atoms with Gasteiger partial charge in [-0.2, -0.15) is 0 Å². The van der Waals surface area contributed by atoms with E-state index in [4.69, 9.17) is 33.2 Å². The lowest BCUT2D eigenvalue weighted by Crippen LogP contribution is -2.15. The van der Waals surface area contributed by atoms with E-state index in [2.05, 4.69) is 13.8 Å². The minimum absolute atomic E-state index is 0.149. The molecule has 0 aliphatic carbocycles. The fourth-order valence-electron chi connectivity index (χ4n) is 2.25. The molecule has 0 saturated carbocycles. The molecule has 8 heteroatoms. The highest BCUT2D eigenvalue weighted by Gasteiger charge is 2.01. The van der Waals surface area contributed by atoms with E-state index in [1.165, 1.54) is 0 Å². The van der Waals surface area contributed by atoms with Crippen molar-refractivity contribution in [3.05, 3.63) is 0 Å². The first-order valence-electron chi connectivity index (χ1n) is 11.4. The van der Waals surface area contributed by atoms with Crippen molar-refractivity contribution in [3.63, 3.8) is 0 Å². The van der Waals surface area contributed by atoms with Gasteiger partial charge in [0.1, 0.15) is 6.61 Å². The summed E-state index contributed by atoms with van der Waals surface area (Å²) < 4.78 is 37.5. The Labute approximate surface area is 182 Å². The number of carbonyl (C=O) groups excluding carboxylic acids is 1. The van der Waals surface area contributed by atoms with Crippen LogP contribution in [0.4, 0.5) is 0 Å². The van der Waals surface area contributed by atoms with Gasteiger partial charge in [-0.05, 0) is 12.8 Å². The van der Waals surface area contributed by atoms with Crippen LogP contribution in [-0.4, -0.2) is 91.9 Å². The Morgan fingerprint density at radius 2 is 0.833 bits per heavy atom. The van der Waals surface area contributed by atoms with Crippen molar-refractivity contribution in [2.75, 3.05) is 85.9 Å². The molecule has 0 bridgehead atoms. The summed E-state index contributed by atoms with van der Waals surface area (Å²) in [5.74, 6) is -0.149. The zero-order valence-corrected chi connectivity index (χ0v) is 19.2. The Kier molecular flexibility index (Phi) is 25.6. The smallest absolute Gasteiger partial charge is 0.305 e. The van der Waals surface area contributed by atoms with Crippen LogP contribution in [0.15, 0.2) is 0 Å². The molecule has 0 aromatic rings. The number of esters is 1. The van der Waals surface area contributed by atoms with E-state index in [9.17, 15) is 4.79 Å². The molecular weight excluding hydrogens is 392 g/mol. The average molecular weight is 437 g/mol. The first kappa shape index (κ1) is 29.2. The van der Waals surface area contributed by atoms with E-state index < -0.39 is 0 Å². The van der Waals surface area contributed by atoms with E-state index in [-0.39, 0.29) is 5.97 Å². The Balaban J connectivity index is 3.06. The maximum absolute atomic E-state index is 11.4. The molecule has 0 radical (unpaired) electrons. The van der Waals surface area contributed by atoms with Crippen LogP contribution < -0.4 is 0 Å². The van der Waals surface area contributed by atoms with Crippen LogP contribution >= 0.6 is 0 Å². The highest BCUT2D eigenvalue weighted by Crippen LogP contribution is 2.00. The zero-order chi connectivity index (χ0) is 22.0. The van der Waals surface area contributed by atoms with Gasteiger partial charge in [-0.3, -0.25) is 4.79 Å². The second kappa shape index (κ2) is 26.3. The molecule has 8 nitrogen and oxygen atoms in total. The summed E-state index contributed by atoms with van der Waals surface area (Å²) in [6.45, 7) is 11.2. The standard InChI is InChI=1S/C22H44O8/c1-3-5-7-8-22(23)30-21-20-29-19-18-28-17-16-27-15-14-26-13-12-25-11-10-24-9-6-4-2/h3-21H2,1-2H3. The van der Waals surface area contributed by atoms with Crippen molar-refractivity contribution in [1.29, 1.82) is 0 Å². The molecule has 0 heterocycles. The highest BCUT2D eigenvalue weighted by molar-refractivity contribution is 5.69. The molecule has 0 aliphatic rings. The molecule has 0 amide bonds. The number of hydrogen-bond acceptors (Lipinski definition) is 8. The van der Waals surface area contributed by atoms with E-state index >= 15 is 0 Å². The number of hydrogen-bond donors (Lipinski definition) is 0. The van der Waals surface area contributed by atoms with Gasteiger partial charge in [-0.25, -0.2) is 0 Å². The topological polar surface area (TPSA) is 81.7 Å². The van der Waals surface area contributed by atoms with Crippen molar-refractivity contribution in [2.24, 2.45) is 0 Å². The summed E-state index contributed by atoms with van der Waals surface area (Å²) in [6, 6.07) is 0. The van der Waals surface area contributed by atoms with Gasteiger partial charge in [-0.1, -0.05) is 33.1 Å². The molecular formula is C22H44O8. The molecule has 0 fully saturated rings. The second-order valence-electron chi connectivity index (χ2n) is 6.71. The average Bonchev–Trinajstić information content (AvgIpc) is 2.75. The summed E-state index contributed by atoms with van der Waals surface area (Å²) >= 11 is 0. The van der Waals surface area contributed by atoms with E-state index in [1.54, 1.807) is 0 Å². The maximum Gasteiger partial charge on any atom is 0.305 e. The quantitative estimate of drug-likeness (QED) is 0.160. The Hall–Kier alpha value is -0.770. The van der Waals surface area contributed by atoms with Gasteiger partial charge in [0.05, 0.1) is 72.7 Å². The summed E-state index contributed by atoms with van der Waals surface area (Å²) in [5.41, 5.74) is 0. The molecule has 0 aliphatic heterocycles. The van der Waals surface area contributed by atoms with E-state index in [0.717, 1.165) is 38.7 Å². The molecule has 0 rings (SSSR count). The predicted molar refractivity (Wildman–Crippen MR) is 115 cm³/mol. The Morgan fingerprint density at radius 3 is 1.23 bits per heavy atom. The van der Waals surface area contributed by atoms with Gasteiger partial charge in [0.15, 0.2) is 0 Å². The summed E-state index contributed by atoms with van der Waals surface area (Å²) in [4.78, 5) is 11.4. The molecule has 0 aromatic carbocycles. The van der Waals surface area contributed by atoms with Crippen LogP contribution in [0.2, 0.25) is 0 Å². The number of ether oxygens (including phenoxy) is 7. The number of carbonyl (C=O) groups is 1. The molecule has 0 saturated heterocycles. The van der Waals surface area contributed by atoms with Crippen molar-refractivity contribution >= 4 is 5.97 Å². The first-order valence-corrected chi connectivity index (χ1v) is 11.4. The SMILES string of the molecule is CCCCCC(=O)OCCOCCOCCOCCOCCOCCOCCCC. The molecule has 0 atom stereocenters. The van der Waals surface area contributed by atoms with Crippen LogP contribution in [0.5, 0.6) is 0 Å². The Bertz CT molecular complexity index is 341. The van der Waals surface area contributed by atoms with Gasteiger partial charge in [0, 0.05) is 13.0 Å². The van der Waals surface area contributed by atoms with Crippen LogP contribution in [0.1, 0.15) is 52.4 Å². The van der Waals surface area contributed by atoms with Crippen LogP contribution in [0.3, 0.4) is 0 Å². The summed E-state index contributed by atoms with van der Waals surface area (Å²) in [6.07, 6.45) is 5.78. The van der Waals surface area contributed by atoms with Crippen molar-refractivity contribution < 1.29 is 38.0 Å². The molecule has 0 unspecified atom stereocenters. The molecule has 30 heavy (non-hydrogen) atoms. The largest absolute Gasteiger partial charge is 0.463 e. The van der Waals surface area contributed by atoms with Crippen LogP contribution in [0, 0.1) is 0 Å². The first-order chi connectivity index (χ1) is 14.8. The predicted octanol–water partition coefficient (Wildman–Crippen LogP) is 3.01.